The molecule has 102 valence electrons. The highest BCUT2D eigenvalue weighted by atomic mass is 79.9. The molecule has 21 heavy (non-hydrogen) atoms. The molecule has 0 spiro atoms. The lowest BCUT2D eigenvalue weighted by Crippen LogP contribution is -1.98. The van der Waals surface area contributed by atoms with Crippen molar-refractivity contribution in [3.05, 3.63) is 87.4 Å². The van der Waals surface area contributed by atoms with Crippen molar-refractivity contribution in [2.24, 2.45) is 0 Å². The molecule has 0 bridgehead atoms. The summed E-state index contributed by atoms with van der Waals surface area (Å²) in [6, 6.07) is 19.6. The summed E-state index contributed by atoms with van der Waals surface area (Å²) in [6.07, 6.45) is 4.54. The van der Waals surface area contributed by atoms with Crippen molar-refractivity contribution in [3.63, 3.8) is 0 Å². The topological polar surface area (TPSA) is 0 Å². The summed E-state index contributed by atoms with van der Waals surface area (Å²) < 4.78 is 1.22. The Labute approximate surface area is 133 Å². The van der Waals surface area contributed by atoms with Crippen molar-refractivity contribution in [2.75, 3.05) is 0 Å². The summed E-state index contributed by atoms with van der Waals surface area (Å²) in [7, 11) is 0. The average Bonchev–Trinajstić information content (AvgIpc) is 2.95. The second-order valence-corrected chi connectivity index (χ2v) is 6.40. The first-order valence-electron chi connectivity index (χ1n) is 7.20. The van der Waals surface area contributed by atoms with E-state index in [2.05, 4.69) is 89.6 Å². The van der Waals surface area contributed by atoms with Gasteiger partial charge in [0.05, 0.1) is 0 Å². The maximum atomic E-state index is 3.84. The van der Waals surface area contributed by atoms with Crippen molar-refractivity contribution >= 4 is 32.8 Å². The van der Waals surface area contributed by atoms with Crippen LogP contribution in [0.15, 0.2) is 65.1 Å². The molecule has 0 saturated carbocycles. The Balaban J connectivity index is 1.97. The zero-order valence-electron chi connectivity index (χ0n) is 11.8. The highest BCUT2D eigenvalue weighted by molar-refractivity contribution is 9.10. The zero-order valence-corrected chi connectivity index (χ0v) is 13.4. The van der Waals surface area contributed by atoms with Gasteiger partial charge in [0.25, 0.3) is 0 Å². The molecule has 1 aliphatic rings. The van der Waals surface area contributed by atoms with E-state index in [9.17, 15) is 0 Å². The number of fused-ring (bicyclic) bond motifs is 2. The molecule has 1 aliphatic carbocycles. The minimum Gasteiger partial charge on any atom is -0.0720 e. The van der Waals surface area contributed by atoms with Gasteiger partial charge in [0.2, 0.25) is 0 Å². The molecule has 0 heterocycles. The number of benzene rings is 3. The minimum atomic E-state index is 0.346. The van der Waals surface area contributed by atoms with Crippen LogP contribution in [-0.2, 0) is 0 Å². The van der Waals surface area contributed by atoms with E-state index in [0.717, 1.165) is 0 Å². The molecule has 0 saturated heterocycles. The average molecular weight is 335 g/mol. The van der Waals surface area contributed by atoms with E-state index in [-0.39, 0.29) is 0 Å². The first kappa shape index (κ1) is 12.8. The van der Waals surface area contributed by atoms with Gasteiger partial charge in [-0.3, -0.25) is 0 Å². The summed E-state index contributed by atoms with van der Waals surface area (Å²) in [5.74, 6) is 0.346. The zero-order chi connectivity index (χ0) is 14.4. The number of hydrogen-bond acceptors (Lipinski definition) is 0. The largest absolute Gasteiger partial charge is 0.0720 e. The number of allylic oxidation sites excluding steroid dienone is 1. The van der Waals surface area contributed by atoms with Gasteiger partial charge in [-0.2, -0.15) is 0 Å². The van der Waals surface area contributed by atoms with Crippen LogP contribution in [-0.4, -0.2) is 0 Å². The Morgan fingerprint density at radius 3 is 2.43 bits per heavy atom. The first-order valence-corrected chi connectivity index (χ1v) is 8.00. The maximum absolute atomic E-state index is 3.84. The van der Waals surface area contributed by atoms with E-state index in [1.165, 1.54) is 37.5 Å². The minimum absolute atomic E-state index is 0.346. The Bertz CT molecular complexity index is 874. The molecule has 0 aliphatic heterocycles. The fourth-order valence-corrected chi connectivity index (χ4v) is 4.00. The second kappa shape index (κ2) is 4.85. The molecule has 0 amide bonds. The Morgan fingerprint density at radius 1 is 0.857 bits per heavy atom. The normalized spacial score (nSPS) is 16.4. The van der Waals surface area contributed by atoms with Gasteiger partial charge in [0, 0.05) is 10.4 Å². The van der Waals surface area contributed by atoms with Crippen LogP contribution in [0.2, 0.25) is 0 Å². The van der Waals surface area contributed by atoms with Crippen molar-refractivity contribution in [2.45, 2.75) is 12.8 Å². The smallest absolute Gasteiger partial charge is 0.0295 e. The summed E-state index contributed by atoms with van der Waals surface area (Å²) in [5.41, 5.74) is 5.42. The van der Waals surface area contributed by atoms with Crippen molar-refractivity contribution in [3.8, 4) is 0 Å². The third kappa shape index (κ3) is 1.96. The van der Waals surface area contributed by atoms with Crippen LogP contribution in [0, 0.1) is 6.92 Å². The fraction of sp³-hybridized carbons (Fsp3) is 0.100. The van der Waals surface area contributed by atoms with Gasteiger partial charge in [-0.25, -0.2) is 0 Å². The van der Waals surface area contributed by atoms with E-state index < -0.39 is 0 Å². The van der Waals surface area contributed by atoms with Gasteiger partial charge in [0.1, 0.15) is 0 Å². The molecule has 0 radical (unpaired) electrons. The maximum Gasteiger partial charge on any atom is 0.0295 e. The Morgan fingerprint density at radius 2 is 1.57 bits per heavy atom. The molecular weight excluding hydrogens is 320 g/mol. The molecule has 0 aromatic heterocycles. The quantitative estimate of drug-likeness (QED) is 0.506. The molecule has 0 fully saturated rings. The van der Waals surface area contributed by atoms with E-state index in [0.29, 0.717) is 5.92 Å². The third-order valence-electron chi connectivity index (χ3n) is 4.35. The summed E-state index contributed by atoms with van der Waals surface area (Å²) in [6.45, 7) is 2.20. The molecule has 0 nitrogen and oxygen atoms in total. The van der Waals surface area contributed by atoms with Crippen molar-refractivity contribution in [1.82, 2.24) is 0 Å². The molecule has 0 N–H and O–H groups in total. The van der Waals surface area contributed by atoms with Crippen molar-refractivity contribution < 1.29 is 0 Å². The van der Waals surface area contributed by atoms with Gasteiger partial charge < -0.3 is 0 Å². The lowest BCUT2D eigenvalue weighted by molar-refractivity contribution is 1.04. The van der Waals surface area contributed by atoms with Crippen LogP contribution in [0.1, 0.15) is 28.2 Å². The SMILES string of the molecule is Cc1cc(C2C=Cc3ccccc32)c(Br)c2ccccc12. The molecule has 3 aromatic rings. The van der Waals surface area contributed by atoms with Crippen molar-refractivity contribution in [1.29, 1.82) is 0 Å². The standard InChI is InChI=1S/C20H15Br/c1-13-12-19(20(21)18-9-5-4-7-15(13)18)17-11-10-14-6-2-3-8-16(14)17/h2-12,17H,1H3. The van der Waals surface area contributed by atoms with Gasteiger partial charge in [-0.05, 0) is 55.9 Å². The number of halogens is 1. The van der Waals surface area contributed by atoms with Crippen LogP contribution in [0.25, 0.3) is 16.8 Å². The van der Waals surface area contributed by atoms with Gasteiger partial charge in [-0.1, -0.05) is 66.7 Å². The summed E-state index contributed by atoms with van der Waals surface area (Å²) in [4.78, 5) is 0. The number of rotatable bonds is 1. The van der Waals surface area contributed by atoms with E-state index in [1.807, 2.05) is 0 Å². The van der Waals surface area contributed by atoms with E-state index in [4.69, 9.17) is 0 Å². The lowest BCUT2D eigenvalue weighted by atomic mass is 9.90. The van der Waals surface area contributed by atoms with E-state index in [1.54, 1.807) is 0 Å². The number of hydrogen-bond donors (Lipinski definition) is 0. The third-order valence-corrected chi connectivity index (χ3v) is 5.23. The first-order chi connectivity index (χ1) is 10.3. The highest BCUT2D eigenvalue weighted by Crippen LogP contribution is 2.41. The molecule has 4 rings (SSSR count). The predicted octanol–water partition coefficient (Wildman–Crippen LogP) is 6.07. The van der Waals surface area contributed by atoms with E-state index >= 15 is 0 Å². The van der Waals surface area contributed by atoms with Crippen LogP contribution >= 0.6 is 15.9 Å². The second-order valence-electron chi connectivity index (χ2n) is 5.61. The molecule has 1 atom stereocenters. The molecule has 3 aromatic carbocycles. The Kier molecular flexibility index (Phi) is 2.97. The van der Waals surface area contributed by atoms with Crippen LogP contribution < -0.4 is 0 Å². The predicted molar refractivity (Wildman–Crippen MR) is 93.7 cm³/mol. The molecule has 1 unspecified atom stereocenters. The van der Waals surface area contributed by atoms with Gasteiger partial charge >= 0.3 is 0 Å². The Hall–Kier alpha value is -1.86. The van der Waals surface area contributed by atoms with Gasteiger partial charge in [0.15, 0.2) is 0 Å². The van der Waals surface area contributed by atoms with Crippen LogP contribution in [0.3, 0.4) is 0 Å². The lowest BCUT2D eigenvalue weighted by Gasteiger charge is -2.17. The van der Waals surface area contributed by atoms with Crippen LogP contribution in [0.5, 0.6) is 0 Å². The van der Waals surface area contributed by atoms with Crippen LogP contribution in [0.4, 0.5) is 0 Å². The number of aryl methyl sites for hydroxylation is 1. The van der Waals surface area contributed by atoms with Gasteiger partial charge in [-0.15, -0.1) is 0 Å². The molecule has 1 heteroatoms. The summed E-state index contributed by atoms with van der Waals surface area (Å²) in [5, 5.41) is 2.62. The highest BCUT2D eigenvalue weighted by Gasteiger charge is 2.22. The monoisotopic (exact) mass is 334 g/mol. The fourth-order valence-electron chi connectivity index (χ4n) is 3.30. The molecular formula is C20H15Br. The summed E-state index contributed by atoms with van der Waals surface area (Å²) >= 11 is 3.84.